The summed E-state index contributed by atoms with van der Waals surface area (Å²) < 4.78 is 33.1. The van der Waals surface area contributed by atoms with E-state index in [2.05, 4.69) is 13.8 Å². The zero-order valence-corrected chi connectivity index (χ0v) is 53.3. The van der Waals surface area contributed by atoms with E-state index in [0.717, 1.165) is 32.1 Å². The fourth-order valence-electron chi connectivity index (χ4n) is 11.1. The fourth-order valence-corrected chi connectivity index (χ4v) is 11.8. The lowest BCUT2D eigenvalue weighted by molar-refractivity contribution is -0.161. The highest BCUT2D eigenvalue weighted by atomic mass is 31.2. The predicted molar refractivity (Wildman–Crippen MR) is 335 cm³/mol. The molecule has 3 N–H and O–H groups in total. The molecule has 0 bridgehead atoms. The second kappa shape index (κ2) is 65.2. The maximum absolute atomic E-state index is 12.7. The molecule has 0 saturated heterocycles. The number of nitrogens with two attached hydrogens (primary N) is 1. The van der Waals surface area contributed by atoms with Crippen LogP contribution in [-0.4, -0.2) is 49.3 Å². The van der Waals surface area contributed by atoms with Crippen LogP contribution in [0.5, 0.6) is 0 Å². The van der Waals surface area contributed by atoms with Crippen LogP contribution in [-0.2, 0) is 32.7 Å². The van der Waals surface area contributed by atoms with Crippen molar-refractivity contribution in [3.8, 4) is 0 Å². The Morgan fingerprint density at radius 3 is 0.782 bits per heavy atom. The van der Waals surface area contributed by atoms with Crippen molar-refractivity contribution in [1.82, 2.24) is 0 Å². The molecule has 0 amide bonds. The minimum atomic E-state index is -4.38. The molecule has 0 aliphatic rings. The van der Waals surface area contributed by atoms with Crippen molar-refractivity contribution in [2.24, 2.45) is 5.73 Å². The topological polar surface area (TPSA) is 134 Å². The molecule has 0 aliphatic heterocycles. The number of hydrogen-bond acceptors (Lipinski definition) is 8. The molecule has 78 heavy (non-hydrogen) atoms. The Labute approximate surface area is 486 Å². The summed E-state index contributed by atoms with van der Waals surface area (Å²) in [6.45, 7) is 3.83. The van der Waals surface area contributed by atoms with Crippen LogP contribution in [0.3, 0.4) is 0 Å². The van der Waals surface area contributed by atoms with Gasteiger partial charge < -0.3 is 20.1 Å². The molecule has 0 radical (unpaired) electrons. The Morgan fingerprint density at radius 1 is 0.333 bits per heavy atom. The molecule has 9 nitrogen and oxygen atoms in total. The van der Waals surface area contributed by atoms with Crippen molar-refractivity contribution in [2.45, 2.75) is 399 Å². The summed E-state index contributed by atoms with van der Waals surface area (Å²) in [6.07, 6.45) is 76.6. The number of carbonyl (C=O) groups is 2. The zero-order valence-electron chi connectivity index (χ0n) is 52.5. The third-order valence-corrected chi connectivity index (χ3v) is 17.2. The minimum absolute atomic E-state index is 0.0586. The summed E-state index contributed by atoms with van der Waals surface area (Å²) in [6, 6.07) is 0. The van der Waals surface area contributed by atoms with E-state index in [1.165, 1.54) is 327 Å². The third-order valence-electron chi connectivity index (χ3n) is 16.2. The molecule has 0 saturated carbocycles. The van der Waals surface area contributed by atoms with Gasteiger partial charge in [0.05, 0.1) is 13.2 Å². The minimum Gasteiger partial charge on any atom is -0.462 e. The Bertz CT molecular complexity index is 1240. The predicted octanol–water partition coefficient (Wildman–Crippen LogP) is 22.6. The number of carbonyl (C=O) groups excluding carboxylic acids is 2. The summed E-state index contributed by atoms with van der Waals surface area (Å²) in [5.74, 6) is -0.801. The van der Waals surface area contributed by atoms with Crippen molar-refractivity contribution in [1.29, 1.82) is 0 Å². The molecule has 2 unspecified atom stereocenters. The highest BCUT2D eigenvalue weighted by Crippen LogP contribution is 2.43. The third kappa shape index (κ3) is 64.2. The molecular weight excluding hydrogens is 990 g/mol. The average molecular weight is 1130 g/mol. The molecule has 0 spiro atoms. The van der Waals surface area contributed by atoms with Crippen molar-refractivity contribution < 1.29 is 37.6 Å². The van der Waals surface area contributed by atoms with Gasteiger partial charge in [0, 0.05) is 19.4 Å². The maximum Gasteiger partial charge on any atom is 0.472 e. The molecule has 0 aromatic carbocycles. The molecule has 0 aliphatic carbocycles. The average Bonchev–Trinajstić information content (AvgIpc) is 3.43. The molecule has 2 atom stereocenters. The van der Waals surface area contributed by atoms with Gasteiger partial charge in [-0.15, -0.1) is 0 Å². The number of rotatable bonds is 68. The van der Waals surface area contributed by atoms with Crippen molar-refractivity contribution >= 4 is 19.8 Å². The summed E-state index contributed by atoms with van der Waals surface area (Å²) in [5, 5.41) is 0. The van der Waals surface area contributed by atoms with E-state index in [1.807, 2.05) is 0 Å². The van der Waals surface area contributed by atoms with E-state index in [4.69, 9.17) is 24.3 Å². The number of esters is 2. The van der Waals surface area contributed by atoms with E-state index in [1.54, 1.807) is 0 Å². The Balaban J connectivity index is 3.67. The van der Waals surface area contributed by atoms with Gasteiger partial charge in [-0.05, 0) is 12.8 Å². The summed E-state index contributed by atoms with van der Waals surface area (Å²) in [5.41, 5.74) is 5.39. The van der Waals surface area contributed by atoms with Gasteiger partial charge in [-0.25, -0.2) is 4.57 Å². The molecular formula is C68H136NO8P. The van der Waals surface area contributed by atoms with Crippen LogP contribution in [0.4, 0.5) is 0 Å². The van der Waals surface area contributed by atoms with Crippen LogP contribution in [0.1, 0.15) is 393 Å². The van der Waals surface area contributed by atoms with E-state index in [0.29, 0.717) is 6.42 Å². The molecule has 10 heteroatoms. The molecule has 0 aromatic rings. The molecule has 0 aromatic heterocycles. The quantitative estimate of drug-likeness (QED) is 0.0347. The van der Waals surface area contributed by atoms with Gasteiger partial charge in [-0.2, -0.15) is 0 Å². The van der Waals surface area contributed by atoms with Crippen LogP contribution in [0, 0.1) is 0 Å². The van der Waals surface area contributed by atoms with E-state index in [-0.39, 0.29) is 38.6 Å². The molecule has 0 fully saturated rings. The van der Waals surface area contributed by atoms with Gasteiger partial charge in [0.15, 0.2) is 6.10 Å². The first kappa shape index (κ1) is 77.0. The van der Waals surface area contributed by atoms with Crippen molar-refractivity contribution in [2.75, 3.05) is 26.4 Å². The monoisotopic (exact) mass is 1130 g/mol. The van der Waals surface area contributed by atoms with Gasteiger partial charge in [0.1, 0.15) is 6.61 Å². The fraction of sp³-hybridized carbons (Fsp3) is 0.971. The van der Waals surface area contributed by atoms with Gasteiger partial charge in [-0.3, -0.25) is 18.6 Å². The van der Waals surface area contributed by atoms with Crippen molar-refractivity contribution in [3.05, 3.63) is 0 Å². The van der Waals surface area contributed by atoms with Crippen LogP contribution in [0.25, 0.3) is 0 Å². The second-order valence-electron chi connectivity index (χ2n) is 24.1. The van der Waals surface area contributed by atoms with Gasteiger partial charge in [0.2, 0.25) is 0 Å². The van der Waals surface area contributed by atoms with Crippen LogP contribution < -0.4 is 5.73 Å². The van der Waals surface area contributed by atoms with Gasteiger partial charge in [0.25, 0.3) is 0 Å². The second-order valence-corrected chi connectivity index (χ2v) is 25.6. The number of ether oxygens (including phenoxy) is 2. The first-order valence-corrected chi connectivity index (χ1v) is 36.5. The summed E-state index contributed by atoms with van der Waals surface area (Å²) in [4.78, 5) is 35.2. The number of phosphoric ester groups is 1. The largest absolute Gasteiger partial charge is 0.472 e. The molecule has 0 rings (SSSR count). The molecule has 466 valence electrons. The molecule has 0 heterocycles. The lowest BCUT2D eigenvalue weighted by Crippen LogP contribution is -2.29. The lowest BCUT2D eigenvalue weighted by Gasteiger charge is -2.19. The number of unbranched alkanes of at least 4 members (excludes halogenated alkanes) is 55. The first-order valence-electron chi connectivity index (χ1n) is 35.0. The lowest BCUT2D eigenvalue weighted by atomic mass is 10.0. The van der Waals surface area contributed by atoms with Crippen molar-refractivity contribution in [3.63, 3.8) is 0 Å². The summed E-state index contributed by atoms with van der Waals surface area (Å²) >= 11 is 0. The van der Waals surface area contributed by atoms with Gasteiger partial charge >= 0.3 is 19.8 Å². The zero-order chi connectivity index (χ0) is 56.6. The Hall–Kier alpha value is -0.990. The van der Waals surface area contributed by atoms with E-state index < -0.39 is 26.5 Å². The van der Waals surface area contributed by atoms with E-state index >= 15 is 0 Å². The summed E-state index contributed by atoms with van der Waals surface area (Å²) in [7, 11) is -4.38. The van der Waals surface area contributed by atoms with Crippen LogP contribution in [0.15, 0.2) is 0 Å². The Kier molecular flexibility index (Phi) is 64.3. The normalized spacial score (nSPS) is 12.8. The Morgan fingerprint density at radius 2 is 0.551 bits per heavy atom. The smallest absolute Gasteiger partial charge is 0.462 e. The number of phosphoric acid groups is 1. The standard InChI is InChI=1S/C68H136NO8P/c1-3-5-7-9-11-13-15-17-19-21-22-23-24-25-26-27-28-29-30-31-32-33-34-35-36-37-38-39-40-41-42-43-44-45-47-49-51-53-55-57-59-61-68(71)77-66(65-76-78(72,73)75-63-62-69)64-74-67(70)60-58-56-54-52-50-48-46-20-18-16-14-12-10-8-6-4-2/h66H,3-65,69H2,1-2H3,(H,72,73). The SMILES string of the molecule is CCCCCCCCCCCCCCCCCCCCCCCCCCCCCCCCCCCCCCCCCCCC(=O)OC(COC(=O)CCCCCCCCCCCCCCCCCC)COP(=O)(O)OCCN. The van der Waals surface area contributed by atoms with Crippen LogP contribution in [0.2, 0.25) is 0 Å². The highest BCUT2D eigenvalue weighted by Gasteiger charge is 2.26. The van der Waals surface area contributed by atoms with E-state index in [9.17, 15) is 19.0 Å². The number of hydrogen-bond donors (Lipinski definition) is 2. The highest BCUT2D eigenvalue weighted by molar-refractivity contribution is 7.47. The maximum atomic E-state index is 12.7. The van der Waals surface area contributed by atoms with Gasteiger partial charge in [-0.1, -0.05) is 367 Å². The van der Waals surface area contributed by atoms with Crippen LogP contribution >= 0.6 is 7.82 Å². The first-order chi connectivity index (χ1) is 38.3.